The standard InChI is InChI=1S/C14H12O7/c15-7(5-11(18)19)3-6-4-10(17)12-8(13(6)20)1-2-9(16)14(12)21/h1-2,4,7,15-16,21H,3,5H2,(H,18,19). The Labute approximate surface area is 118 Å². The minimum Gasteiger partial charge on any atom is -0.504 e. The number of phenols is 2. The van der Waals surface area contributed by atoms with E-state index in [-0.39, 0.29) is 23.1 Å². The Morgan fingerprint density at radius 1 is 1.19 bits per heavy atom. The highest BCUT2D eigenvalue weighted by Gasteiger charge is 2.30. The molecule has 0 radical (unpaired) electrons. The van der Waals surface area contributed by atoms with Gasteiger partial charge in [0.05, 0.1) is 18.1 Å². The number of carbonyl (C=O) groups is 3. The first-order valence-corrected chi connectivity index (χ1v) is 6.05. The number of phenolic OH excluding ortho intramolecular Hbond substituents is 2. The van der Waals surface area contributed by atoms with Gasteiger partial charge in [-0.15, -0.1) is 0 Å². The van der Waals surface area contributed by atoms with Gasteiger partial charge < -0.3 is 20.4 Å². The smallest absolute Gasteiger partial charge is 0.305 e. The largest absolute Gasteiger partial charge is 0.504 e. The van der Waals surface area contributed by atoms with Crippen molar-refractivity contribution < 1.29 is 34.8 Å². The summed E-state index contributed by atoms with van der Waals surface area (Å²) in [4.78, 5) is 34.6. The van der Waals surface area contributed by atoms with Gasteiger partial charge in [0.2, 0.25) is 0 Å². The highest BCUT2D eigenvalue weighted by molar-refractivity contribution is 6.25. The second-order valence-electron chi connectivity index (χ2n) is 4.67. The summed E-state index contributed by atoms with van der Waals surface area (Å²) in [5, 5.41) is 37.1. The number of aromatic hydroxyl groups is 2. The van der Waals surface area contributed by atoms with Crippen LogP contribution in [0.2, 0.25) is 0 Å². The number of hydrogen-bond donors (Lipinski definition) is 4. The molecule has 1 atom stereocenters. The monoisotopic (exact) mass is 292 g/mol. The lowest BCUT2D eigenvalue weighted by Crippen LogP contribution is -2.22. The number of rotatable bonds is 4. The molecule has 1 unspecified atom stereocenters. The van der Waals surface area contributed by atoms with Crippen molar-refractivity contribution >= 4 is 17.5 Å². The molecule has 0 fully saturated rings. The van der Waals surface area contributed by atoms with Crippen molar-refractivity contribution in [3.8, 4) is 11.5 Å². The Morgan fingerprint density at radius 3 is 2.48 bits per heavy atom. The summed E-state index contributed by atoms with van der Waals surface area (Å²) in [7, 11) is 0. The molecule has 0 aliphatic heterocycles. The number of benzene rings is 1. The number of aliphatic carboxylic acids is 1. The highest BCUT2D eigenvalue weighted by atomic mass is 16.4. The molecular formula is C14H12O7. The number of aliphatic hydroxyl groups is 1. The van der Waals surface area contributed by atoms with E-state index >= 15 is 0 Å². The van der Waals surface area contributed by atoms with Crippen LogP contribution in [0.25, 0.3) is 0 Å². The molecule has 1 aromatic rings. The van der Waals surface area contributed by atoms with Gasteiger partial charge in [-0.05, 0) is 18.2 Å². The zero-order chi connectivity index (χ0) is 15.7. The number of aliphatic hydroxyl groups excluding tert-OH is 1. The highest BCUT2D eigenvalue weighted by Crippen LogP contribution is 2.36. The van der Waals surface area contributed by atoms with Crippen LogP contribution in [0.1, 0.15) is 33.6 Å². The van der Waals surface area contributed by atoms with E-state index in [0.717, 1.165) is 12.1 Å². The summed E-state index contributed by atoms with van der Waals surface area (Å²) in [5.74, 6) is -3.69. The van der Waals surface area contributed by atoms with E-state index in [1.807, 2.05) is 0 Å². The SMILES string of the molecule is O=C(O)CC(O)CC1=CC(=O)c2c(ccc(O)c2O)C1=O. The van der Waals surface area contributed by atoms with E-state index in [4.69, 9.17) is 5.11 Å². The molecule has 0 amide bonds. The van der Waals surface area contributed by atoms with Crippen molar-refractivity contribution in [2.45, 2.75) is 18.9 Å². The van der Waals surface area contributed by atoms with Crippen LogP contribution in [-0.4, -0.2) is 44.1 Å². The molecule has 110 valence electrons. The Bertz CT molecular complexity index is 672. The maximum absolute atomic E-state index is 12.2. The second-order valence-corrected chi connectivity index (χ2v) is 4.67. The van der Waals surface area contributed by atoms with Crippen molar-refractivity contribution in [1.29, 1.82) is 0 Å². The molecule has 0 aromatic heterocycles. The van der Waals surface area contributed by atoms with Crippen LogP contribution in [0.4, 0.5) is 0 Å². The fraction of sp³-hybridized carbons (Fsp3) is 0.214. The maximum atomic E-state index is 12.2. The van der Waals surface area contributed by atoms with E-state index < -0.39 is 41.6 Å². The molecule has 1 aliphatic rings. The third kappa shape index (κ3) is 2.77. The van der Waals surface area contributed by atoms with Crippen molar-refractivity contribution in [2.24, 2.45) is 0 Å². The van der Waals surface area contributed by atoms with Crippen molar-refractivity contribution in [1.82, 2.24) is 0 Å². The molecule has 7 nitrogen and oxygen atoms in total. The fourth-order valence-corrected chi connectivity index (χ4v) is 2.17. The number of ketones is 2. The minimum atomic E-state index is -1.29. The topological polar surface area (TPSA) is 132 Å². The first-order chi connectivity index (χ1) is 9.81. The molecular weight excluding hydrogens is 280 g/mol. The van der Waals surface area contributed by atoms with Gasteiger partial charge in [0, 0.05) is 17.6 Å². The second kappa shape index (κ2) is 5.37. The molecule has 0 saturated heterocycles. The summed E-state index contributed by atoms with van der Waals surface area (Å²) in [6.07, 6.45) is -1.18. The molecule has 7 heteroatoms. The zero-order valence-corrected chi connectivity index (χ0v) is 10.7. The normalized spacial score (nSPS) is 15.4. The summed E-state index contributed by atoms with van der Waals surface area (Å²) < 4.78 is 0. The van der Waals surface area contributed by atoms with E-state index in [9.17, 15) is 29.7 Å². The summed E-state index contributed by atoms with van der Waals surface area (Å²) >= 11 is 0. The molecule has 0 bridgehead atoms. The Hall–Kier alpha value is -2.67. The quantitative estimate of drug-likeness (QED) is 0.598. The number of Topliss-reactive ketones (excluding diaryl/α,β-unsaturated/α-hetero) is 1. The van der Waals surface area contributed by atoms with Crippen LogP contribution >= 0.6 is 0 Å². The van der Waals surface area contributed by atoms with Crippen LogP contribution in [0.5, 0.6) is 11.5 Å². The lowest BCUT2D eigenvalue weighted by molar-refractivity contribution is -0.139. The van der Waals surface area contributed by atoms with Gasteiger partial charge in [-0.3, -0.25) is 14.4 Å². The van der Waals surface area contributed by atoms with Gasteiger partial charge in [-0.2, -0.15) is 0 Å². The molecule has 21 heavy (non-hydrogen) atoms. The third-order valence-electron chi connectivity index (χ3n) is 3.11. The zero-order valence-electron chi connectivity index (χ0n) is 10.7. The molecule has 1 aliphatic carbocycles. The number of carboxylic acid groups (broad SMARTS) is 1. The Balaban J connectivity index is 2.34. The lowest BCUT2D eigenvalue weighted by atomic mass is 9.86. The number of carbonyl (C=O) groups excluding carboxylic acids is 2. The van der Waals surface area contributed by atoms with Crippen LogP contribution in [0.3, 0.4) is 0 Å². The van der Waals surface area contributed by atoms with Gasteiger partial charge in [0.15, 0.2) is 23.1 Å². The van der Waals surface area contributed by atoms with Crippen LogP contribution in [0.15, 0.2) is 23.8 Å². The Kier molecular flexibility index (Phi) is 3.77. The van der Waals surface area contributed by atoms with Crippen LogP contribution < -0.4 is 0 Å². The van der Waals surface area contributed by atoms with Gasteiger partial charge in [0.1, 0.15) is 0 Å². The average molecular weight is 292 g/mol. The van der Waals surface area contributed by atoms with Gasteiger partial charge in [-0.1, -0.05) is 0 Å². The first-order valence-electron chi connectivity index (χ1n) is 6.05. The number of allylic oxidation sites excluding steroid dienone is 1. The predicted molar refractivity (Wildman–Crippen MR) is 69.4 cm³/mol. The van der Waals surface area contributed by atoms with Crippen molar-refractivity contribution in [3.05, 3.63) is 34.9 Å². The van der Waals surface area contributed by atoms with Gasteiger partial charge in [-0.25, -0.2) is 0 Å². The number of fused-ring (bicyclic) bond motifs is 1. The fourth-order valence-electron chi connectivity index (χ4n) is 2.17. The predicted octanol–water partition coefficient (Wildman–Crippen LogP) is 0.629. The molecule has 2 rings (SSSR count). The summed E-state index contributed by atoms with van der Waals surface area (Å²) in [6, 6.07) is 2.27. The maximum Gasteiger partial charge on any atom is 0.305 e. The molecule has 4 N–H and O–H groups in total. The van der Waals surface area contributed by atoms with Gasteiger partial charge in [0.25, 0.3) is 0 Å². The average Bonchev–Trinajstić information content (AvgIpc) is 2.37. The van der Waals surface area contributed by atoms with Crippen molar-refractivity contribution in [3.63, 3.8) is 0 Å². The van der Waals surface area contributed by atoms with Crippen LogP contribution in [-0.2, 0) is 4.79 Å². The van der Waals surface area contributed by atoms with E-state index in [1.165, 1.54) is 6.07 Å². The summed E-state index contributed by atoms with van der Waals surface area (Å²) in [5.41, 5.74) is -0.418. The molecule has 0 spiro atoms. The molecule has 0 saturated carbocycles. The minimum absolute atomic E-state index is 0.0358. The lowest BCUT2D eigenvalue weighted by Gasteiger charge is -2.18. The summed E-state index contributed by atoms with van der Waals surface area (Å²) in [6.45, 7) is 0. The van der Waals surface area contributed by atoms with Crippen LogP contribution in [0, 0.1) is 0 Å². The molecule has 1 aromatic carbocycles. The Morgan fingerprint density at radius 2 is 1.86 bits per heavy atom. The number of carboxylic acids is 1. The number of hydrogen-bond acceptors (Lipinski definition) is 6. The van der Waals surface area contributed by atoms with Gasteiger partial charge >= 0.3 is 5.97 Å². The molecule has 0 heterocycles. The van der Waals surface area contributed by atoms with E-state index in [0.29, 0.717) is 0 Å². The van der Waals surface area contributed by atoms with Crippen molar-refractivity contribution in [2.75, 3.05) is 0 Å². The van der Waals surface area contributed by atoms with E-state index in [2.05, 4.69) is 0 Å². The first kappa shape index (κ1) is 14.7. The van der Waals surface area contributed by atoms with E-state index in [1.54, 1.807) is 0 Å². The third-order valence-corrected chi connectivity index (χ3v) is 3.11.